The largest absolute Gasteiger partial charge is 0.350 e. The Kier molecular flexibility index (Phi) is 4.17. The SMILES string of the molecule is CN(C)C1(CNC(=O)c2ccnc(CN)c2)CCC1. The maximum Gasteiger partial charge on any atom is 0.251 e. The molecule has 3 N–H and O–H groups in total. The molecular weight excluding hydrogens is 240 g/mol. The second-order valence-corrected chi connectivity index (χ2v) is 5.39. The van der Waals surface area contributed by atoms with Crippen LogP contribution in [0.25, 0.3) is 0 Å². The third-order valence-corrected chi connectivity index (χ3v) is 4.10. The van der Waals surface area contributed by atoms with Crippen LogP contribution in [0.3, 0.4) is 0 Å². The Morgan fingerprint density at radius 2 is 2.26 bits per heavy atom. The molecule has 0 spiro atoms. The molecule has 19 heavy (non-hydrogen) atoms. The minimum Gasteiger partial charge on any atom is -0.350 e. The zero-order valence-electron chi connectivity index (χ0n) is 11.6. The van der Waals surface area contributed by atoms with Crippen molar-refractivity contribution in [2.45, 2.75) is 31.3 Å². The quantitative estimate of drug-likeness (QED) is 0.821. The van der Waals surface area contributed by atoms with Crippen molar-refractivity contribution in [3.8, 4) is 0 Å². The number of rotatable bonds is 5. The molecule has 1 amide bonds. The maximum absolute atomic E-state index is 12.1. The average molecular weight is 262 g/mol. The number of aromatic nitrogens is 1. The van der Waals surface area contributed by atoms with E-state index in [1.807, 2.05) is 0 Å². The van der Waals surface area contributed by atoms with Gasteiger partial charge < -0.3 is 16.0 Å². The number of amides is 1. The minimum absolute atomic E-state index is 0.0507. The fourth-order valence-electron chi connectivity index (χ4n) is 2.44. The number of pyridine rings is 1. The fourth-order valence-corrected chi connectivity index (χ4v) is 2.44. The van der Waals surface area contributed by atoms with Crippen molar-refractivity contribution in [1.29, 1.82) is 0 Å². The summed E-state index contributed by atoms with van der Waals surface area (Å²) in [5.41, 5.74) is 7.03. The van der Waals surface area contributed by atoms with Gasteiger partial charge in [-0.2, -0.15) is 0 Å². The van der Waals surface area contributed by atoms with Crippen LogP contribution in [0.4, 0.5) is 0 Å². The third-order valence-electron chi connectivity index (χ3n) is 4.10. The predicted octanol–water partition coefficient (Wildman–Crippen LogP) is 0.754. The minimum atomic E-state index is -0.0507. The zero-order chi connectivity index (χ0) is 13.9. The average Bonchev–Trinajstić information content (AvgIpc) is 2.37. The first kappa shape index (κ1) is 14.0. The van der Waals surface area contributed by atoms with Crippen molar-refractivity contribution in [2.75, 3.05) is 20.6 Å². The number of likely N-dealkylation sites (N-methyl/N-ethyl adjacent to an activating group) is 1. The third kappa shape index (κ3) is 2.93. The van der Waals surface area contributed by atoms with Crippen molar-refractivity contribution in [3.63, 3.8) is 0 Å². The van der Waals surface area contributed by atoms with Gasteiger partial charge in [-0.1, -0.05) is 0 Å². The maximum atomic E-state index is 12.1. The zero-order valence-corrected chi connectivity index (χ0v) is 11.6. The monoisotopic (exact) mass is 262 g/mol. The highest BCUT2D eigenvalue weighted by atomic mass is 16.1. The number of nitrogens with zero attached hydrogens (tertiary/aromatic N) is 2. The van der Waals surface area contributed by atoms with E-state index in [2.05, 4.69) is 29.3 Å². The predicted molar refractivity (Wildman–Crippen MR) is 74.7 cm³/mol. The Bertz CT molecular complexity index is 455. The van der Waals surface area contributed by atoms with Crippen molar-refractivity contribution in [1.82, 2.24) is 15.2 Å². The lowest BCUT2D eigenvalue weighted by molar-refractivity contribution is 0.0557. The van der Waals surface area contributed by atoms with Gasteiger partial charge in [-0.3, -0.25) is 9.78 Å². The van der Waals surface area contributed by atoms with Crippen molar-refractivity contribution >= 4 is 5.91 Å². The molecule has 5 heteroatoms. The molecule has 1 aliphatic rings. The number of nitrogens with one attached hydrogen (secondary N) is 1. The Balaban J connectivity index is 1.97. The van der Waals surface area contributed by atoms with E-state index in [4.69, 9.17) is 5.73 Å². The summed E-state index contributed by atoms with van der Waals surface area (Å²) in [5, 5.41) is 3.03. The van der Waals surface area contributed by atoms with Crippen molar-refractivity contribution in [2.24, 2.45) is 5.73 Å². The van der Waals surface area contributed by atoms with Gasteiger partial charge in [0.1, 0.15) is 0 Å². The van der Waals surface area contributed by atoms with E-state index < -0.39 is 0 Å². The van der Waals surface area contributed by atoms with E-state index in [1.165, 1.54) is 6.42 Å². The highest BCUT2D eigenvalue weighted by molar-refractivity contribution is 5.94. The van der Waals surface area contributed by atoms with E-state index in [0.29, 0.717) is 18.7 Å². The molecule has 2 rings (SSSR count). The molecule has 0 aliphatic heterocycles. The van der Waals surface area contributed by atoms with Crippen LogP contribution in [0.1, 0.15) is 35.3 Å². The first-order chi connectivity index (χ1) is 9.07. The van der Waals surface area contributed by atoms with Gasteiger partial charge >= 0.3 is 0 Å². The molecule has 1 aromatic rings. The number of hydrogen-bond donors (Lipinski definition) is 2. The van der Waals surface area contributed by atoms with Crippen LogP contribution < -0.4 is 11.1 Å². The molecular formula is C14H22N4O. The molecule has 1 fully saturated rings. The lowest BCUT2D eigenvalue weighted by Gasteiger charge is -2.47. The summed E-state index contributed by atoms with van der Waals surface area (Å²) in [6.07, 6.45) is 5.15. The number of carbonyl (C=O) groups is 1. The Labute approximate surface area is 114 Å². The molecule has 104 valence electrons. The number of nitrogens with two attached hydrogens (primary N) is 1. The summed E-state index contributed by atoms with van der Waals surface area (Å²) >= 11 is 0. The molecule has 0 bridgehead atoms. The summed E-state index contributed by atoms with van der Waals surface area (Å²) in [6.45, 7) is 1.04. The van der Waals surface area contributed by atoms with Gasteiger partial charge in [0.05, 0.1) is 5.69 Å². The second kappa shape index (κ2) is 5.67. The summed E-state index contributed by atoms with van der Waals surface area (Å²) in [7, 11) is 4.15. The van der Waals surface area contributed by atoms with Gasteiger partial charge in [-0.15, -0.1) is 0 Å². The van der Waals surface area contributed by atoms with Gasteiger partial charge in [0.2, 0.25) is 0 Å². The van der Waals surface area contributed by atoms with Crippen LogP contribution in [0.15, 0.2) is 18.3 Å². The molecule has 0 saturated heterocycles. The molecule has 0 aromatic carbocycles. The summed E-state index contributed by atoms with van der Waals surface area (Å²) < 4.78 is 0. The smallest absolute Gasteiger partial charge is 0.251 e. The Morgan fingerprint density at radius 3 is 2.79 bits per heavy atom. The molecule has 1 heterocycles. The van der Waals surface area contributed by atoms with Crippen molar-refractivity contribution in [3.05, 3.63) is 29.6 Å². The highest BCUT2D eigenvalue weighted by Gasteiger charge is 2.39. The fraction of sp³-hybridized carbons (Fsp3) is 0.571. The Hall–Kier alpha value is -1.46. The lowest BCUT2D eigenvalue weighted by atomic mass is 9.75. The van der Waals surface area contributed by atoms with E-state index in [0.717, 1.165) is 18.5 Å². The molecule has 5 nitrogen and oxygen atoms in total. The van der Waals surface area contributed by atoms with Crippen LogP contribution >= 0.6 is 0 Å². The Morgan fingerprint density at radius 1 is 1.53 bits per heavy atom. The summed E-state index contributed by atoms with van der Waals surface area (Å²) in [6, 6.07) is 3.47. The molecule has 1 aliphatic carbocycles. The van der Waals surface area contributed by atoms with Gasteiger partial charge in [0.25, 0.3) is 5.91 Å². The van der Waals surface area contributed by atoms with Gasteiger partial charge in [0.15, 0.2) is 0 Å². The molecule has 1 aromatic heterocycles. The number of carbonyl (C=O) groups excluding carboxylic acids is 1. The van der Waals surface area contributed by atoms with Crippen molar-refractivity contribution < 1.29 is 4.79 Å². The van der Waals surface area contributed by atoms with Crippen LogP contribution in [-0.4, -0.2) is 42.0 Å². The van der Waals surface area contributed by atoms with Gasteiger partial charge in [0, 0.05) is 30.4 Å². The van der Waals surface area contributed by atoms with E-state index in [9.17, 15) is 4.79 Å². The van der Waals surface area contributed by atoms with E-state index >= 15 is 0 Å². The van der Waals surface area contributed by atoms with E-state index in [1.54, 1.807) is 18.3 Å². The van der Waals surface area contributed by atoms with E-state index in [-0.39, 0.29) is 11.4 Å². The molecule has 0 atom stereocenters. The number of hydrogen-bond acceptors (Lipinski definition) is 4. The topological polar surface area (TPSA) is 71.2 Å². The molecule has 0 unspecified atom stereocenters. The lowest BCUT2D eigenvalue weighted by Crippen LogP contribution is -2.57. The first-order valence-corrected chi connectivity index (χ1v) is 6.68. The second-order valence-electron chi connectivity index (χ2n) is 5.39. The van der Waals surface area contributed by atoms with Crippen LogP contribution in [-0.2, 0) is 6.54 Å². The summed E-state index contributed by atoms with van der Waals surface area (Å²) in [4.78, 5) is 18.4. The highest BCUT2D eigenvalue weighted by Crippen LogP contribution is 2.35. The molecule has 0 radical (unpaired) electrons. The first-order valence-electron chi connectivity index (χ1n) is 6.68. The van der Waals surface area contributed by atoms with Crippen LogP contribution in [0.5, 0.6) is 0 Å². The summed E-state index contributed by atoms with van der Waals surface area (Å²) in [5.74, 6) is -0.0507. The van der Waals surface area contributed by atoms with Gasteiger partial charge in [-0.25, -0.2) is 0 Å². The normalized spacial score (nSPS) is 17.1. The molecule has 1 saturated carbocycles. The standard InChI is InChI=1S/C14H22N4O/c1-18(2)14(5-3-6-14)10-17-13(19)11-4-7-16-12(8-11)9-15/h4,7-8H,3,5-6,9-10,15H2,1-2H3,(H,17,19). The van der Waals surface area contributed by atoms with Gasteiger partial charge in [-0.05, 0) is 45.5 Å². The van der Waals surface area contributed by atoms with Crippen LogP contribution in [0.2, 0.25) is 0 Å². The van der Waals surface area contributed by atoms with Crippen LogP contribution in [0, 0.1) is 0 Å².